The first-order chi connectivity index (χ1) is 7.93. The van der Waals surface area contributed by atoms with Crippen molar-refractivity contribution in [2.45, 2.75) is 31.9 Å². The van der Waals surface area contributed by atoms with Gasteiger partial charge in [-0.1, -0.05) is 50.1 Å². The summed E-state index contributed by atoms with van der Waals surface area (Å²) in [5.41, 5.74) is 1.43. The molecule has 0 saturated carbocycles. The van der Waals surface area contributed by atoms with Gasteiger partial charge in [0.2, 0.25) is 0 Å². The predicted octanol–water partition coefficient (Wildman–Crippen LogP) is 3.70. The van der Waals surface area contributed by atoms with Gasteiger partial charge in [-0.3, -0.25) is 0 Å². The Labute approximate surface area is 104 Å². The van der Waals surface area contributed by atoms with Crippen molar-refractivity contribution in [3.63, 3.8) is 0 Å². The highest BCUT2D eigenvalue weighted by Gasteiger charge is 1.92. The van der Waals surface area contributed by atoms with Gasteiger partial charge in [0.1, 0.15) is 0 Å². The molecule has 0 fully saturated rings. The molecular formula is C14H23NS. The highest BCUT2D eigenvalue weighted by Crippen LogP contribution is 2.10. The molecule has 0 aromatic heterocycles. The lowest BCUT2D eigenvalue weighted by Crippen LogP contribution is -2.18. The molecule has 1 aromatic rings. The van der Waals surface area contributed by atoms with Crippen molar-refractivity contribution < 1.29 is 0 Å². The molecule has 1 N–H and O–H groups in total. The third-order valence-corrected chi connectivity index (χ3v) is 3.52. The van der Waals surface area contributed by atoms with Crippen LogP contribution in [0, 0.1) is 0 Å². The minimum Gasteiger partial charge on any atom is -0.316 e. The highest BCUT2D eigenvalue weighted by atomic mass is 32.2. The van der Waals surface area contributed by atoms with E-state index in [4.69, 9.17) is 0 Å². The molecule has 0 aliphatic rings. The molecule has 0 radical (unpaired) electrons. The van der Waals surface area contributed by atoms with Crippen molar-refractivity contribution in [3.05, 3.63) is 35.9 Å². The fraction of sp³-hybridized carbons (Fsp3) is 0.571. The van der Waals surface area contributed by atoms with E-state index >= 15 is 0 Å². The van der Waals surface area contributed by atoms with Gasteiger partial charge in [-0.2, -0.15) is 11.8 Å². The Morgan fingerprint density at radius 3 is 2.62 bits per heavy atom. The number of hydrogen-bond donors (Lipinski definition) is 1. The van der Waals surface area contributed by atoms with E-state index in [-0.39, 0.29) is 0 Å². The van der Waals surface area contributed by atoms with Crippen LogP contribution >= 0.6 is 11.8 Å². The number of unbranched alkanes of at least 4 members (excludes halogenated alkanes) is 2. The third kappa shape index (κ3) is 6.91. The Bertz CT molecular complexity index is 248. The van der Waals surface area contributed by atoms with Gasteiger partial charge in [0.15, 0.2) is 0 Å². The van der Waals surface area contributed by atoms with Crippen molar-refractivity contribution in [2.24, 2.45) is 0 Å². The highest BCUT2D eigenvalue weighted by molar-refractivity contribution is 7.98. The van der Waals surface area contributed by atoms with Crippen LogP contribution in [0.1, 0.15) is 31.7 Å². The average molecular weight is 237 g/mol. The molecule has 1 aromatic carbocycles. The molecule has 0 aliphatic carbocycles. The molecule has 90 valence electrons. The van der Waals surface area contributed by atoms with Crippen LogP contribution in [-0.4, -0.2) is 18.8 Å². The van der Waals surface area contributed by atoms with Crippen LogP contribution in [0.15, 0.2) is 30.3 Å². The molecule has 2 heteroatoms. The zero-order valence-corrected chi connectivity index (χ0v) is 11.1. The molecule has 0 atom stereocenters. The normalized spacial score (nSPS) is 10.6. The summed E-state index contributed by atoms with van der Waals surface area (Å²) in [6.07, 6.45) is 3.98. The summed E-state index contributed by atoms with van der Waals surface area (Å²) in [5, 5.41) is 3.49. The summed E-state index contributed by atoms with van der Waals surface area (Å²) < 4.78 is 0. The van der Waals surface area contributed by atoms with E-state index in [1.165, 1.54) is 37.1 Å². The van der Waals surface area contributed by atoms with E-state index in [1.54, 1.807) is 0 Å². The van der Waals surface area contributed by atoms with Crippen molar-refractivity contribution in [1.82, 2.24) is 5.32 Å². The summed E-state index contributed by atoms with van der Waals surface area (Å²) in [5.74, 6) is 2.35. The van der Waals surface area contributed by atoms with Gasteiger partial charge in [0.25, 0.3) is 0 Å². The largest absolute Gasteiger partial charge is 0.316 e. The van der Waals surface area contributed by atoms with Crippen molar-refractivity contribution in [2.75, 3.05) is 18.8 Å². The first-order valence-electron chi connectivity index (χ1n) is 6.26. The average Bonchev–Trinajstić information content (AvgIpc) is 2.34. The molecule has 1 nitrogen and oxygen atoms in total. The topological polar surface area (TPSA) is 12.0 Å². The van der Waals surface area contributed by atoms with Crippen LogP contribution in [0.25, 0.3) is 0 Å². The van der Waals surface area contributed by atoms with E-state index in [0.717, 1.165) is 12.3 Å². The molecule has 0 unspecified atom stereocenters. The number of benzene rings is 1. The summed E-state index contributed by atoms with van der Waals surface area (Å²) in [4.78, 5) is 0. The SMILES string of the molecule is CCCCCNCCSCc1ccccc1. The molecule has 16 heavy (non-hydrogen) atoms. The number of thioether (sulfide) groups is 1. The first kappa shape index (κ1) is 13.6. The maximum absolute atomic E-state index is 3.49. The van der Waals surface area contributed by atoms with Crippen molar-refractivity contribution >= 4 is 11.8 Å². The third-order valence-electron chi connectivity index (χ3n) is 2.49. The van der Waals surface area contributed by atoms with Gasteiger partial charge in [0.05, 0.1) is 0 Å². The van der Waals surface area contributed by atoms with Crippen LogP contribution in [0.5, 0.6) is 0 Å². The second kappa shape index (κ2) is 9.73. The summed E-state index contributed by atoms with van der Waals surface area (Å²) >= 11 is 2.01. The van der Waals surface area contributed by atoms with Gasteiger partial charge in [-0.15, -0.1) is 0 Å². The van der Waals surface area contributed by atoms with Gasteiger partial charge < -0.3 is 5.32 Å². The summed E-state index contributed by atoms with van der Waals surface area (Å²) in [6, 6.07) is 10.7. The van der Waals surface area contributed by atoms with Crippen LogP contribution in [0.2, 0.25) is 0 Å². The zero-order valence-electron chi connectivity index (χ0n) is 10.2. The fourth-order valence-corrected chi connectivity index (χ4v) is 2.39. The minimum atomic E-state index is 1.14. The van der Waals surface area contributed by atoms with Gasteiger partial charge in [0, 0.05) is 18.1 Å². The van der Waals surface area contributed by atoms with Crippen LogP contribution in [0.4, 0.5) is 0 Å². The van der Waals surface area contributed by atoms with E-state index in [9.17, 15) is 0 Å². The maximum Gasteiger partial charge on any atom is 0.0185 e. The lowest BCUT2D eigenvalue weighted by molar-refractivity contribution is 0.636. The predicted molar refractivity (Wildman–Crippen MR) is 75.0 cm³/mol. The van der Waals surface area contributed by atoms with Crippen molar-refractivity contribution in [1.29, 1.82) is 0 Å². The van der Waals surface area contributed by atoms with E-state index in [2.05, 4.69) is 42.6 Å². The number of nitrogens with one attached hydrogen (secondary N) is 1. The molecular weight excluding hydrogens is 214 g/mol. The monoisotopic (exact) mass is 237 g/mol. The second-order valence-electron chi connectivity index (χ2n) is 4.00. The lowest BCUT2D eigenvalue weighted by Gasteiger charge is -2.04. The van der Waals surface area contributed by atoms with E-state index < -0.39 is 0 Å². The second-order valence-corrected chi connectivity index (χ2v) is 5.10. The van der Waals surface area contributed by atoms with E-state index in [0.29, 0.717) is 0 Å². The van der Waals surface area contributed by atoms with Gasteiger partial charge in [-0.25, -0.2) is 0 Å². The van der Waals surface area contributed by atoms with E-state index in [1.807, 2.05) is 11.8 Å². The van der Waals surface area contributed by atoms with Crippen molar-refractivity contribution in [3.8, 4) is 0 Å². The molecule has 1 rings (SSSR count). The molecule has 0 bridgehead atoms. The number of hydrogen-bond acceptors (Lipinski definition) is 2. The standard InChI is InChI=1S/C14H23NS/c1-2-3-7-10-15-11-12-16-13-14-8-5-4-6-9-14/h4-6,8-9,15H,2-3,7,10-13H2,1H3. The van der Waals surface area contributed by atoms with Crippen LogP contribution in [0.3, 0.4) is 0 Å². The quantitative estimate of drug-likeness (QED) is 0.657. The Balaban J connectivity index is 1.89. The van der Waals surface area contributed by atoms with Gasteiger partial charge >= 0.3 is 0 Å². The molecule has 0 heterocycles. The van der Waals surface area contributed by atoms with Gasteiger partial charge in [-0.05, 0) is 18.5 Å². The Morgan fingerprint density at radius 2 is 1.88 bits per heavy atom. The summed E-state index contributed by atoms with van der Waals surface area (Å²) in [7, 11) is 0. The fourth-order valence-electron chi connectivity index (χ4n) is 1.53. The zero-order chi connectivity index (χ0) is 11.5. The molecule has 0 aliphatic heterocycles. The Morgan fingerprint density at radius 1 is 1.06 bits per heavy atom. The Hall–Kier alpha value is -0.470. The first-order valence-corrected chi connectivity index (χ1v) is 7.41. The molecule has 0 amide bonds. The van der Waals surface area contributed by atoms with Crippen LogP contribution < -0.4 is 5.32 Å². The Kier molecular flexibility index (Phi) is 8.27. The maximum atomic E-state index is 3.49. The molecule has 0 spiro atoms. The molecule has 0 saturated heterocycles. The lowest BCUT2D eigenvalue weighted by atomic mass is 10.2. The minimum absolute atomic E-state index is 1.14. The number of rotatable bonds is 9. The van der Waals surface area contributed by atoms with Crippen LogP contribution in [-0.2, 0) is 5.75 Å². The smallest absolute Gasteiger partial charge is 0.0185 e. The summed E-state index contributed by atoms with van der Waals surface area (Å²) in [6.45, 7) is 4.57.